The highest BCUT2D eigenvalue weighted by Crippen LogP contribution is 2.44. The number of hydrogen-bond acceptors (Lipinski definition) is 6. The van der Waals surface area contributed by atoms with E-state index in [9.17, 15) is 19.8 Å². The molecule has 0 spiro atoms. The molecule has 1 fully saturated rings. The van der Waals surface area contributed by atoms with Crippen molar-refractivity contribution >= 4 is 40.4 Å². The van der Waals surface area contributed by atoms with E-state index >= 15 is 0 Å². The van der Waals surface area contributed by atoms with E-state index in [1.807, 2.05) is 19.1 Å². The molecule has 0 saturated carbocycles. The highest BCUT2D eigenvalue weighted by Gasteiger charge is 2.47. The minimum atomic E-state index is -0.988. The SMILES string of the molecule is CCOc1ccc(Cl)c(/C(O)=C2\C(=O)C(=O)N(c3ccc(N(CC)CC)cc3)C2c2cccc(O)c2)c1. The standard InChI is InChI=1S/C29H29ClN2O5/c1-4-31(5-2)19-10-12-20(13-11-19)32-26(18-8-7-9-21(33)16-18)25(28(35)29(32)36)27(34)23-17-22(37-6-3)14-15-24(23)30/h7-17,26,33-34H,4-6H2,1-3H3/b27-25+. The number of aliphatic hydroxyl groups excluding tert-OH is 1. The molecule has 1 saturated heterocycles. The lowest BCUT2D eigenvalue weighted by Crippen LogP contribution is -2.29. The zero-order valence-electron chi connectivity index (χ0n) is 20.9. The first-order chi connectivity index (χ1) is 17.8. The number of anilines is 2. The number of amides is 1. The number of halogens is 1. The smallest absolute Gasteiger partial charge is 0.300 e. The lowest BCUT2D eigenvalue weighted by molar-refractivity contribution is -0.132. The van der Waals surface area contributed by atoms with Gasteiger partial charge in [-0.2, -0.15) is 0 Å². The summed E-state index contributed by atoms with van der Waals surface area (Å²) in [5.74, 6) is -1.63. The molecule has 0 aromatic heterocycles. The van der Waals surface area contributed by atoms with Gasteiger partial charge in [-0.25, -0.2) is 0 Å². The van der Waals surface area contributed by atoms with Crippen LogP contribution in [0.3, 0.4) is 0 Å². The quantitative estimate of drug-likeness (QED) is 0.218. The molecule has 0 radical (unpaired) electrons. The van der Waals surface area contributed by atoms with Crippen LogP contribution in [0.5, 0.6) is 11.5 Å². The Hall–Kier alpha value is -3.97. The number of hydrogen-bond donors (Lipinski definition) is 2. The fourth-order valence-corrected chi connectivity index (χ4v) is 4.82. The molecule has 0 aliphatic carbocycles. The highest BCUT2D eigenvalue weighted by atomic mass is 35.5. The van der Waals surface area contributed by atoms with Crippen molar-refractivity contribution in [3.63, 3.8) is 0 Å². The van der Waals surface area contributed by atoms with Gasteiger partial charge < -0.3 is 19.8 Å². The molecule has 2 N–H and O–H groups in total. The third-order valence-electron chi connectivity index (χ3n) is 6.39. The number of benzene rings is 3. The summed E-state index contributed by atoms with van der Waals surface area (Å²) in [5, 5.41) is 21.8. The maximum absolute atomic E-state index is 13.4. The van der Waals surface area contributed by atoms with Gasteiger partial charge in [0.25, 0.3) is 11.7 Å². The predicted molar refractivity (Wildman–Crippen MR) is 146 cm³/mol. The van der Waals surface area contributed by atoms with E-state index in [-0.39, 0.29) is 21.9 Å². The van der Waals surface area contributed by atoms with Gasteiger partial charge in [0.1, 0.15) is 17.3 Å². The zero-order chi connectivity index (χ0) is 26.7. The molecule has 3 aromatic carbocycles. The van der Waals surface area contributed by atoms with Gasteiger partial charge in [-0.1, -0.05) is 23.7 Å². The first-order valence-electron chi connectivity index (χ1n) is 12.2. The van der Waals surface area contributed by atoms with Crippen LogP contribution in [0, 0.1) is 0 Å². The van der Waals surface area contributed by atoms with Gasteiger partial charge in [-0.05, 0) is 80.9 Å². The van der Waals surface area contributed by atoms with Gasteiger partial charge in [0, 0.05) is 30.0 Å². The van der Waals surface area contributed by atoms with Gasteiger partial charge in [-0.3, -0.25) is 14.5 Å². The predicted octanol–water partition coefficient (Wildman–Crippen LogP) is 5.92. The van der Waals surface area contributed by atoms with Crippen LogP contribution in [-0.4, -0.2) is 41.6 Å². The van der Waals surface area contributed by atoms with Crippen LogP contribution in [0.4, 0.5) is 11.4 Å². The van der Waals surface area contributed by atoms with Gasteiger partial charge in [-0.15, -0.1) is 0 Å². The number of phenolic OH excluding ortho intramolecular Hbond substituents is 1. The number of ketones is 1. The fraction of sp³-hybridized carbons (Fsp3) is 0.241. The van der Waals surface area contributed by atoms with Gasteiger partial charge in [0.15, 0.2) is 0 Å². The van der Waals surface area contributed by atoms with E-state index < -0.39 is 23.5 Å². The second kappa shape index (κ2) is 11.0. The third-order valence-corrected chi connectivity index (χ3v) is 6.72. The Morgan fingerprint density at radius 1 is 1.00 bits per heavy atom. The largest absolute Gasteiger partial charge is 0.508 e. The van der Waals surface area contributed by atoms with Crippen LogP contribution in [-0.2, 0) is 9.59 Å². The molecule has 1 amide bonds. The number of aromatic hydroxyl groups is 1. The summed E-state index contributed by atoms with van der Waals surface area (Å²) in [6.07, 6.45) is 0. The van der Waals surface area contributed by atoms with E-state index in [0.717, 1.165) is 18.8 Å². The molecular weight excluding hydrogens is 492 g/mol. The first-order valence-corrected chi connectivity index (χ1v) is 12.6. The van der Waals surface area contributed by atoms with Gasteiger partial charge in [0.2, 0.25) is 0 Å². The van der Waals surface area contributed by atoms with Crippen molar-refractivity contribution in [1.82, 2.24) is 0 Å². The third kappa shape index (κ3) is 5.00. The summed E-state index contributed by atoms with van der Waals surface area (Å²) in [7, 11) is 0. The van der Waals surface area contributed by atoms with Crippen molar-refractivity contribution in [2.24, 2.45) is 0 Å². The van der Waals surface area contributed by atoms with Crippen LogP contribution < -0.4 is 14.5 Å². The molecule has 1 atom stereocenters. The summed E-state index contributed by atoms with van der Waals surface area (Å²) in [6, 6.07) is 17.4. The molecule has 3 aromatic rings. The number of phenols is 1. The normalized spacial score (nSPS) is 16.8. The Kier molecular flexibility index (Phi) is 7.74. The monoisotopic (exact) mass is 520 g/mol. The van der Waals surface area contributed by atoms with Crippen LogP contribution in [0.15, 0.2) is 72.3 Å². The molecule has 1 heterocycles. The van der Waals surface area contributed by atoms with Crippen molar-refractivity contribution in [2.45, 2.75) is 26.8 Å². The van der Waals surface area contributed by atoms with Crippen molar-refractivity contribution in [3.05, 3.63) is 88.5 Å². The fourth-order valence-electron chi connectivity index (χ4n) is 4.61. The number of ether oxygens (including phenoxy) is 1. The molecule has 8 heteroatoms. The number of carbonyl (C=O) groups excluding carboxylic acids is 2. The lowest BCUT2D eigenvalue weighted by atomic mass is 9.95. The van der Waals surface area contributed by atoms with Gasteiger partial charge in [0.05, 0.1) is 23.2 Å². The van der Waals surface area contributed by atoms with Crippen molar-refractivity contribution in [1.29, 1.82) is 0 Å². The number of carbonyl (C=O) groups is 2. The summed E-state index contributed by atoms with van der Waals surface area (Å²) < 4.78 is 5.54. The van der Waals surface area contributed by atoms with Gasteiger partial charge >= 0.3 is 0 Å². The highest BCUT2D eigenvalue weighted by molar-refractivity contribution is 6.52. The van der Waals surface area contributed by atoms with Crippen LogP contribution in [0.1, 0.15) is 37.9 Å². The molecule has 0 bridgehead atoms. The van der Waals surface area contributed by atoms with Crippen molar-refractivity contribution < 1.29 is 24.5 Å². The second-order valence-electron chi connectivity index (χ2n) is 8.53. The van der Waals surface area contributed by atoms with Crippen LogP contribution >= 0.6 is 11.6 Å². The van der Waals surface area contributed by atoms with Crippen molar-refractivity contribution in [2.75, 3.05) is 29.5 Å². The summed E-state index contributed by atoms with van der Waals surface area (Å²) in [6.45, 7) is 8.00. The number of Topliss-reactive ketones (excluding diaryl/α,β-unsaturated/α-hetero) is 1. The summed E-state index contributed by atoms with van der Waals surface area (Å²) in [4.78, 5) is 30.3. The number of nitrogens with zero attached hydrogens (tertiary/aromatic N) is 2. The Labute approximate surface area is 221 Å². The topological polar surface area (TPSA) is 90.3 Å². The van der Waals surface area contributed by atoms with E-state index in [0.29, 0.717) is 23.6 Å². The number of aliphatic hydroxyl groups is 1. The van der Waals surface area contributed by atoms with Crippen LogP contribution in [0.25, 0.3) is 5.76 Å². The Balaban J connectivity index is 1.90. The molecule has 1 unspecified atom stereocenters. The Morgan fingerprint density at radius 3 is 2.32 bits per heavy atom. The molecule has 1 aliphatic heterocycles. The van der Waals surface area contributed by atoms with E-state index in [2.05, 4.69) is 18.7 Å². The molecule has 7 nitrogen and oxygen atoms in total. The summed E-state index contributed by atoms with van der Waals surface area (Å²) in [5.41, 5.74) is 1.98. The minimum absolute atomic E-state index is 0.0312. The molecule has 1 aliphatic rings. The molecular formula is C29H29ClN2O5. The molecule has 192 valence electrons. The minimum Gasteiger partial charge on any atom is -0.508 e. The average Bonchev–Trinajstić information content (AvgIpc) is 3.16. The summed E-state index contributed by atoms with van der Waals surface area (Å²) >= 11 is 6.40. The number of rotatable bonds is 8. The molecule has 37 heavy (non-hydrogen) atoms. The lowest BCUT2D eigenvalue weighted by Gasteiger charge is -2.27. The van der Waals surface area contributed by atoms with Crippen molar-refractivity contribution in [3.8, 4) is 11.5 Å². The first kappa shape index (κ1) is 26.1. The van der Waals surface area contributed by atoms with Crippen LogP contribution in [0.2, 0.25) is 5.02 Å². The second-order valence-corrected chi connectivity index (χ2v) is 8.93. The zero-order valence-corrected chi connectivity index (χ0v) is 21.7. The molecule has 4 rings (SSSR count). The van der Waals surface area contributed by atoms with E-state index in [4.69, 9.17) is 16.3 Å². The maximum Gasteiger partial charge on any atom is 0.300 e. The average molecular weight is 521 g/mol. The Bertz CT molecular complexity index is 1350. The Morgan fingerprint density at radius 2 is 1.70 bits per heavy atom. The van der Waals surface area contributed by atoms with E-state index in [1.54, 1.807) is 36.4 Å². The maximum atomic E-state index is 13.4. The van der Waals surface area contributed by atoms with E-state index in [1.165, 1.54) is 23.1 Å².